The minimum Gasteiger partial charge on any atom is -0.496 e. The highest BCUT2D eigenvalue weighted by Crippen LogP contribution is 2.35. The number of aromatic nitrogens is 2. The summed E-state index contributed by atoms with van der Waals surface area (Å²) in [6.07, 6.45) is 1.48. The molecule has 1 N–H and O–H groups in total. The lowest BCUT2D eigenvalue weighted by Gasteiger charge is -2.24. The van der Waals surface area contributed by atoms with Gasteiger partial charge in [0.1, 0.15) is 5.75 Å². The second-order valence-corrected chi connectivity index (χ2v) is 6.07. The van der Waals surface area contributed by atoms with E-state index in [9.17, 15) is 9.59 Å². The number of nitrogens with one attached hydrogen (secondary N) is 1. The van der Waals surface area contributed by atoms with E-state index in [0.717, 1.165) is 16.9 Å². The molecule has 0 radical (unpaired) electrons. The van der Waals surface area contributed by atoms with Crippen LogP contribution in [0.1, 0.15) is 31.9 Å². The van der Waals surface area contributed by atoms with Crippen LogP contribution in [-0.4, -0.2) is 16.7 Å². The van der Waals surface area contributed by atoms with Crippen LogP contribution in [0.2, 0.25) is 0 Å². The molecule has 5 nitrogen and oxygen atoms in total. The number of rotatable bonds is 2. The van der Waals surface area contributed by atoms with E-state index < -0.39 is 11.2 Å². The zero-order chi connectivity index (χ0) is 15.8. The highest BCUT2D eigenvalue weighted by atomic mass is 16.5. The first kappa shape index (κ1) is 15.1. The summed E-state index contributed by atoms with van der Waals surface area (Å²) in [5, 5.41) is 0. The molecule has 0 saturated heterocycles. The van der Waals surface area contributed by atoms with Crippen LogP contribution in [-0.2, 0) is 5.41 Å². The van der Waals surface area contributed by atoms with Crippen LogP contribution >= 0.6 is 0 Å². The Morgan fingerprint density at radius 2 is 1.86 bits per heavy atom. The highest BCUT2D eigenvalue weighted by Gasteiger charge is 2.21. The van der Waals surface area contributed by atoms with Crippen molar-refractivity contribution in [1.29, 1.82) is 0 Å². The van der Waals surface area contributed by atoms with Crippen molar-refractivity contribution in [1.82, 2.24) is 9.55 Å². The van der Waals surface area contributed by atoms with Gasteiger partial charge >= 0.3 is 5.69 Å². The van der Waals surface area contributed by atoms with Crippen LogP contribution in [0.5, 0.6) is 5.75 Å². The molecule has 0 fully saturated rings. The minimum absolute atomic E-state index is 0.127. The first-order valence-corrected chi connectivity index (χ1v) is 6.75. The molecule has 1 heterocycles. The maximum atomic E-state index is 11.9. The Balaban J connectivity index is 2.75. The van der Waals surface area contributed by atoms with Crippen molar-refractivity contribution in [3.05, 3.63) is 56.4 Å². The summed E-state index contributed by atoms with van der Waals surface area (Å²) < 4.78 is 6.92. The maximum Gasteiger partial charge on any atom is 0.332 e. The van der Waals surface area contributed by atoms with Gasteiger partial charge in [-0.3, -0.25) is 14.3 Å². The highest BCUT2D eigenvalue weighted by molar-refractivity contribution is 5.52. The van der Waals surface area contributed by atoms with Crippen molar-refractivity contribution in [2.75, 3.05) is 7.11 Å². The van der Waals surface area contributed by atoms with E-state index in [-0.39, 0.29) is 5.41 Å². The number of hydrogen-bond acceptors (Lipinski definition) is 3. The van der Waals surface area contributed by atoms with Gasteiger partial charge in [-0.15, -0.1) is 0 Å². The third-order valence-electron chi connectivity index (χ3n) is 3.37. The Labute approximate surface area is 123 Å². The van der Waals surface area contributed by atoms with Gasteiger partial charge < -0.3 is 4.74 Å². The molecule has 112 valence electrons. The van der Waals surface area contributed by atoms with E-state index in [1.807, 2.05) is 19.1 Å². The number of aromatic amines is 1. The summed E-state index contributed by atoms with van der Waals surface area (Å²) in [6.45, 7) is 8.20. The van der Waals surface area contributed by atoms with Crippen molar-refractivity contribution < 1.29 is 4.74 Å². The normalized spacial score (nSPS) is 11.5. The van der Waals surface area contributed by atoms with Crippen molar-refractivity contribution in [3.8, 4) is 11.4 Å². The molecule has 0 atom stereocenters. The second kappa shape index (κ2) is 5.24. The number of nitrogens with zero attached hydrogens (tertiary/aromatic N) is 1. The molecule has 0 unspecified atom stereocenters. The van der Waals surface area contributed by atoms with Gasteiger partial charge in [0.05, 0.1) is 12.8 Å². The topological polar surface area (TPSA) is 64.1 Å². The molecule has 0 aliphatic carbocycles. The van der Waals surface area contributed by atoms with E-state index in [0.29, 0.717) is 5.69 Å². The number of hydrogen-bond donors (Lipinski definition) is 1. The third-order valence-corrected chi connectivity index (χ3v) is 3.37. The van der Waals surface area contributed by atoms with Crippen LogP contribution in [0.3, 0.4) is 0 Å². The number of methoxy groups -OCH3 is 1. The lowest BCUT2D eigenvalue weighted by Crippen LogP contribution is -2.27. The predicted octanol–water partition coefficient (Wildman–Crippen LogP) is 2.14. The average molecular weight is 288 g/mol. The predicted molar refractivity (Wildman–Crippen MR) is 82.6 cm³/mol. The largest absolute Gasteiger partial charge is 0.496 e. The first-order valence-electron chi connectivity index (χ1n) is 6.75. The van der Waals surface area contributed by atoms with Gasteiger partial charge in [-0.25, -0.2) is 4.79 Å². The van der Waals surface area contributed by atoms with Gasteiger partial charge in [0, 0.05) is 17.8 Å². The molecule has 2 rings (SSSR count). The van der Waals surface area contributed by atoms with Crippen LogP contribution in [0.15, 0.2) is 34.0 Å². The molecule has 21 heavy (non-hydrogen) atoms. The molecule has 0 amide bonds. The number of aryl methyl sites for hydroxylation is 1. The summed E-state index contributed by atoms with van der Waals surface area (Å²) >= 11 is 0. The van der Waals surface area contributed by atoms with E-state index >= 15 is 0 Å². The van der Waals surface area contributed by atoms with E-state index in [2.05, 4.69) is 25.8 Å². The van der Waals surface area contributed by atoms with Gasteiger partial charge in [0.2, 0.25) is 0 Å². The van der Waals surface area contributed by atoms with Crippen LogP contribution < -0.4 is 16.0 Å². The van der Waals surface area contributed by atoms with Gasteiger partial charge in [-0.05, 0) is 30.0 Å². The fourth-order valence-electron chi connectivity index (χ4n) is 2.34. The molecule has 2 aromatic rings. The number of ether oxygens (including phenoxy) is 1. The summed E-state index contributed by atoms with van der Waals surface area (Å²) in [6, 6.07) is 5.12. The summed E-state index contributed by atoms with van der Waals surface area (Å²) in [5.41, 5.74) is 1.68. The van der Waals surface area contributed by atoms with Crippen molar-refractivity contribution >= 4 is 0 Å². The van der Waals surface area contributed by atoms with Crippen LogP contribution in [0, 0.1) is 6.92 Å². The van der Waals surface area contributed by atoms with Crippen LogP contribution in [0.4, 0.5) is 0 Å². The third kappa shape index (κ3) is 2.91. The zero-order valence-electron chi connectivity index (χ0n) is 13.0. The fourth-order valence-corrected chi connectivity index (χ4v) is 2.34. The Kier molecular flexibility index (Phi) is 3.77. The molecule has 0 aliphatic rings. The van der Waals surface area contributed by atoms with Gasteiger partial charge in [-0.2, -0.15) is 0 Å². The van der Waals surface area contributed by atoms with Gasteiger partial charge in [0.15, 0.2) is 0 Å². The van der Waals surface area contributed by atoms with E-state index in [1.54, 1.807) is 7.11 Å². The lowest BCUT2D eigenvalue weighted by atomic mass is 9.85. The quantitative estimate of drug-likeness (QED) is 0.921. The molecule has 0 spiro atoms. The average Bonchev–Trinajstić information content (AvgIpc) is 2.36. The van der Waals surface area contributed by atoms with Gasteiger partial charge in [-0.1, -0.05) is 20.8 Å². The summed E-state index contributed by atoms with van der Waals surface area (Å²) in [5.74, 6) is 0.823. The fraction of sp³-hybridized carbons (Fsp3) is 0.375. The van der Waals surface area contributed by atoms with E-state index in [1.165, 1.54) is 16.8 Å². The molecule has 0 saturated carbocycles. The smallest absolute Gasteiger partial charge is 0.332 e. The van der Waals surface area contributed by atoms with Crippen molar-refractivity contribution in [2.45, 2.75) is 33.1 Å². The van der Waals surface area contributed by atoms with Crippen LogP contribution in [0.25, 0.3) is 5.69 Å². The van der Waals surface area contributed by atoms with Gasteiger partial charge in [0.25, 0.3) is 5.56 Å². The molecule has 1 aromatic carbocycles. The summed E-state index contributed by atoms with van der Waals surface area (Å²) in [7, 11) is 1.64. The maximum absolute atomic E-state index is 11.9. The molecule has 0 bridgehead atoms. The summed E-state index contributed by atoms with van der Waals surface area (Å²) in [4.78, 5) is 25.4. The molecular weight excluding hydrogens is 268 g/mol. The minimum atomic E-state index is -0.452. The Hall–Kier alpha value is -2.30. The molecule has 5 heteroatoms. The number of benzene rings is 1. The Morgan fingerprint density at radius 1 is 1.19 bits per heavy atom. The lowest BCUT2D eigenvalue weighted by molar-refractivity contribution is 0.394. The molecule has 0 aliphatic heterocycles. The standard InChI is InChI=1S/C16H20N2O3/c1-10-8-11(18-7-6-13(19)17-15(18)20)9-12(14(10)21-5)16(2,3)4/h6-9H,1-5H3,(H,17,19,20). The Bertz CT molecular complexity index is 779. The molecular formula is C16H20N2O3. The monoisotopic (exact) mass is 288 g/mol. The zero-order valence-corrected chi connectivity index (χ0v) is 13.0. The Morgan fingerprint density at radius 3 is 2.38 bits per heavy atom. The SMILES string of the molecule is COc1c(C)cc(-n2ccc(=O)[nH]c2=O)cc1C(C)(C)C. The first-order chi connectivity index (χ1) is 9.74. The number of H-pyrrole nitrogens is 1. The second-order valence-electron chi connectivity index (χ2n) is 6.07. The van der Waals surface area contributed by atoms with Crippen molar-refractivity contribution in [3.63, 3.8) is 0 Å². The molecule has 1 aromatic heterocycles. The van der Waals surface area contributed by atoms with Crippen molar-refractivity contribution in [2.24, 2.45) is 0 Å². The van der Waals surface area contributed by atoms with E-state index in [4.69, 9.17) is 4.74 Å².